The van der Waals surface area contributed by atoms with Crippen molar-refractivity contribution in [3.63, 3.8) is 0 Å². The zero-order chi connectivity index (χ0) is 19.7. The van der Waals surface area contributed by atoms with Crippen molar-refractivity contribution in [2.75, 3.05) is 30.4 Å². The maximum atomic E-state index is 12.6. The molecule has 0 aliphatic carbocycles. The summed E-state index contributed by atoms with van der Waals surface area (Å²) in [4.78, 5) is 21.1. The van der Waals surface area contributed by atoms with Crippen LogP contribution >= 0.6 is 0 Å². The third-order valence-electron chi connectivity index (χ3n) is 5.23. The molecule has 3 aromatic rings. The average Bonchev–Trinajstić information content (AvgIpc) is 3.35. The second-order valence-corrected chi connectivity index (χ2v) is 7.29. The number of rotatable bonds is 5. The maximum absolute atomic E-state index is 12.6. The number of amides is 1. The molecule has 1 atom stereocenters. The Kier molecular flexibility index (Phi) is 4.86. The SMILES string of the molecule is CCc1ccccc1N1CC(c2noc(-c3ccc(N(C)C)cc3)n2)CC1=O. The van der Waals surface area contributed by atoms with Gasteiger partial charge in [0.05, 0.1) is 0 Å². The largest absolute Gasteiger partial charge is 0.378 e. The Hall–Kier alpha value is -3.15. The van der Waals surface area contributed by atoms with Crippen molar-refractivity contribution in [2.45, 2.75) is 25.7 Å². The molecule has 1 amide bonds. The number of carbonyl (C=O) groups is 1. The molecule has 0 saturated carbocycles. The standard InChI is InChI=1S/C22H24N4O2/c1-4-15-7-5-6-8-19(15)26-14-17(13-20(26)27)21-23-22(28-24-21)16-9-11-18(12-10-16)25(2)3/h5-12,17H,4,13-14H2,1-3H3. The summed E-state index contributed by atoms with van der Waals surface area (Å²) in [6.45, 7) is 2.68. The first kappa shape index (κ1) is 18.2. The summed E-state index contributed by atoms with van der Waals surface area (Å²) in [6, 6.07) is 16.0. The number of aromatic nitrogens is 2. The summed E-state index contributed by atoms with van der Waals surface area (Å²) < 4.78 is 5.48. The first-order valence-corrected chi connectivity index (χ1v) is 9.56. The van der Waals surface area contributed by atoms with Crippen molar-refractivity contribution in [1.29, 1.82) is 0 Å². The van der Waals surface area contributed by atoms with Crippen molar-refractivity contribution in [1.82, 2.24) is 10.1 Å². The number of anilines is 2. The van der Waals surface area contributed by atoms with Crippen molar-refractivity contribution in [3.05, 3.63) is 59.9 Å². The Bertz CT molecular complexity index is 978. The Balaban J connectivity index is 1.54. The molecule has 1 aliphatic rings. The lowest BCUT2D eigenvalue weighted by Gasteiger charge is -2.19. The molecule has 1 unspecified atom stereocenters. The van der Waals surface area contributed by atoms with Crippen molar-refractivity contribution < 1.29 is 9.32 Å². The van der Waals surface area contributed by atoms with Gasteiger partial charge >= 0.3 is 0 Å². The molecular formula is C22H24N4O2. The summed E-state index contributed by atoms with van der Waals surface area (Å²) in [6.07, 6.45) is 1.29. The highest BCUT2D eigenvalue weighted by Gasteiger charge is 2.35. The molecular weight excluding hydrogens is 352 g/mol. The van der Waals surface area contributed by atoms with Crippen LogP contribution in [-0.2, 0) is 11.2 Å². The van der Waals surface area contributed by atoms with Crippen LogP contribution in [0.5, 0.6) is 0 Å². The highest BCUT2D eigenvalue weighted by Crippen LogP contribution is 2.33. The van der Waals surface area contributed by atoms with Gasteiger partial charge < -0.3 is 14.3 Å². The molecule has 2 aromatic carbocycles. The topological polar surface area (TPSA) is 62.5 Å². The third-order valence-corrected chi connectivity index (χ3v) is 5.23. The van der Waals surface area contributed by atoms with Gasteiger partial charge in [0.1, 0.15) is 0 Å². The van der Waals surface area contributed by atoms with Crippen LogP contribution < -0.4 is 9.80 Å². The van der Waals surface area contributed by atoms with E-state index in [2.05, 4.69) is 23.1 Å². The molecule has 6 nitrogen and oxygen atoms in total. The van der Waals surface area contributed by atoms with Gasteiger partial charge in [0.25, 0.3) is 5.89 Å². The Labute approximate surface area is 164 Å². The first-order valence-electron chi connectivity index (χ1n) is 9.56. The van der Waals surface area contributed by atoms with E-state index in [1.54, 1.807) is 0 Å². The third kappa shape index (κ3) is 3.38. The smallest absolute Gasteiger partial charge is 0.257 e. The van der Waals surface area contributed by atoms with E-state index in [0.29, 0.717) is 24.7 Å². The van der Waals surface area contributed by atoms with Gasteiger partial charge in [-0.3, -0.25) is 4.79 Å². The number of hydrogen-bond donors (Lipinski definition) is 0. The van der Waals surface area contributed by atoms with Crippen LogP contribution in [0.1, 0.15) is 30.7 Å². The minimum Gasteiger partial charge on any atom is -0.378 e. The van der Waals surface area contributed by atoms with E-state index in [1.807, 2.05) is 66.4 Å². The fraction of sp³-hybridized carbons (Fsp3) is 0.318. The van der Waals surface area contributed by atoms with Crippen molar-refractivity contribution >= 4 is 17.3 Å². The number of hydrogen-bond acceptors (Lipinski definition) is 5. The molecule has 1 aromatic heterocycles. The van der Waals surface area contributed by atoms with Gasteiger partial charge in [0, 0.05) is 49.9 Å². The van der Waals surface area contributed by atoms with Gasteiger partial charge in [-0.2, -0.15) is 4.98 Å². The van der Waals surface area contributed by atoms with Gasteiger partial charge in [-0.25, -0.2) is 0 Å². The van der Waals surface area contributed by atoms with E-state index in [4.69, 9.17) is 4.52 Å². The van der Waals surface area contributed by atoms with E-state index >= 15 is 0 Å². The monoisotopic (exact) mass is 376 g/mol. The van der Waals surface area contributed by atoms with Crippen LogP contribution in [-0.4, -0.2) is 36.7 Å². The molecule has 4 rings (SSSR count). The lowest BCUT2D eigenvalue weighted by Crippen LogP contribution is -2.25. The van der Waals surface area contributed by atoms with Crippen molar-refractivity contribution in [2.24, 2.45) is 0 Å². The fourth-order valence-corrected chi connectivity index (χ4v) is 3.61. The number of nitrogens with zero attached hydrogens (tertiary/aromatic N) is 4. The van der Waals surface area contributed by atoms with Crippen LogP contribution in [0.15, 0.2) is 53.1 Å². The molecule has 1 saturated heterocycles. The molecule has 144 valence electrons. The summed E-state index contributed by atoms with van der Waals surface area (Å²) in [5.41, 5.74) is 4.14. The highest BCUT2D eigenvalue weighted by molar-refractivity contribution is 5.97. The molecule has 28 heavy (non-hydrogen) atoms. The number of aryl methyl sites for hydroxylation is 1. The first-order chi connectivity index (χ1) is 13.6. The molecule has 0 N–H and O–H groups in total. The molecule has 1 fully saturated rings. The molecule has 0 bridgehead atoms. The number of carbonyl (C=O) groups excluding carboxylic acids is 1. The molecule has 0 radical (unpaired) electrons. The Morgan fingerprint density at radius 1 is 1.14 bits per heavy atom. The molecule has 0 spiro atoms. The summed E-state index contributed by atoms with van der Waals surface area (Å²) >= 11 is 0. The Morgan fingerprint density at radius 3 is 2.61 bits per heavy atom. The number of para-hydroxylation sites is 1. The predicted molar refractivity (Wildman–Crippen MR) is 110 cm³/mol. The maximum Gasteiger partial charge on any atom is 0.257 e. The highest BCUT2D eigenvalue weighted by atomic mass is 16.5. The molecule has 6 heteroatoms. The Morgan fingerprint density at radius 2 is 1.89 bits per heavy atom. The second-order valence-electron chi connectivity index (χ2n) is 7.29. The minimum atomic E-state index is -0.0593. The average molecular weight is 376 g/mol. The second kappa shape index (κ2) is 7.46. The molecule has 2 heterocycles. The van der Waals surface area contributed by atoms with E-state index in [9.17, 15) is 4.79 Å². The zero-order valence-corrected chi connectivity index (χ0v) is 16.4. The zero-order valence-electron chi connectivity index (χ0n) is 16.4. The summed E-state index contributed by atoms with van der Waals surface area (Å²) in [5.74, 6) is 1.13. The van der Waals surface area contributed by atoms with E-state index in [-0.39, 0.29) is 11.8 Å². The van der Waals surface area contributed by atoms with E-state index < -0.39 is 0 Å². The summed E-state index contributed by atoms with van der Waals surface area (Å²) in [5, 5.41) is 4.16. The van der Waals surface area contributed by atoms with E-state index in [1.165, 1.54) is 5.56 Å². The van der Waals surface area contributed by atoms with Crippen LogP contribution in [0.4, 0.5) is 11.4 Å². The lowest BCUT2D eigenvalue weighted by molar-refractivity contribution is -0.117. The van der Waals surface area contributed by atoms with E-state index in [0.717, 1.165) is 23.4 Å². The van der Waals surface area contributed by atoms with Gasteiger partial charge in [-0.15, -0.1) is 0 Å². The summed E-state index contributed by atoms with van der Waals surface area (Å²) in [7, 11) is 4.00. The van der Waals surface area contributed by atoms with Gasteiger partial charge in [0.2, 0.25) is 5.91 Å². The normalized spacial score (nSPS) is 16.6. The van der Waals surface area contributed by atoms with Gasteiger partial charge in [0.15, 0.2) is 5.82 Å². The van der Waals surface area contributed by atoms with Crippen LogP contribution in [0.3, 0.4) is 0 Å². The fourth-order valence-electron chi connectivity index (χ4n) is 3.61. The molecule has 1 aliphatic heterocycles. The predicted octanol–water partition coefficient (Wildman–Crippen LogP) is 3.89. The van der Waals surface area contributed by atoms with Crippen LogP contribution in [0.25, 0.3) is 11.5 Å². The van der Waals surface area contributed by atoms with Crippen LogP contribution in [0.2, 0.25) is 0 Å². The number of benzene rings is 2. The van der Waals surface area contributed by atoms with Gasteiger partial charge in [-0.05, 0) is 42.3 Å². The minimum absolute atomic E-state index is 0.0593. The van der Waals surface area contributed by atoms with Crippen LogP contribution in [0, 0.1) is 0 Å². The van der Waals surface area contributed by atoms with Crippen molar-refractivity contribution in [3.8, 4) is 11.5 Å². The quantitative estimate of drug-likeness (QED) is 0.676. The van der Waals surface area contributed by atoms with Gasteiger partial charge in [-0.1, -0.05) is 30.3 Å². The lowest BCUT2D eigenvalue weighted by atomic mass is 10.1.